The number of aromatic nitrogens is 1. The minimum atomic E-state index is 0. The largest absolute Gasteiger partial charge is 0.333 e. The standard InChI is InChI=1S/C17H21N3OS2.2ClH/c21-16(10-12-11-22-9-7-18-12)20-8-3-5-14(20)17-19-13-4-1-2-6-15(13)23-17;;/h1-2,4,6,12,14,18H,3,5,7-11H2;2*1H. The molecule has 25 heavy (non-hydrogen) atoms. The van der Waals surface area contributed by atoms with E-state index >= 15 is 0 Å². The van der Waals surface area contributed by atoms with Gasteiger partial charge in [0.15, 0.2) is 0 Å². The number of hydrogen-bond donors (Lipinski definition) is 1. The van der Waals surface area contributed by atoms with Gasteiger partial charge in [-0.1, -0.05) is 12.1 Å². The van der Waals surface area contributed by atoms with E-state index in [1.54, 1.807) is 11.3 Å². The molecule has 1 amide bonds. The second-order valence-electron chi connectivity index (χ2n) is 6.20. The van der Waals surface area contributed by atoms with E-state index in [-0.39, 0.29) is 36.8 Å². The van der Waals surface area contributed by atoms with Gasteiger partial charge >= 0.3 is 0 Å². The highest BCUT2D eigenvalue weighted by Gasteiger charge is 2.33. The van der Waals surface area contributed by atoms with Crippen molar-refractivity contribution in [3.8, 4) is 0 Å². The van der Waals surface area contributed by atoms with Crippen LogP contribution >= 0.6 is 47.9 Å². The summed E-state index contributed by atoms with van der Waals surface area (Å²) >= 11 is 3.68. The highest BCUT2D eigenvalue weighted by Crippen LogP contribution is 2.36. The lowest BCUT2D eigenvalue weighted by Gasteiger charge is -2.27. The molecule has 0 aliphatic carbocycles. The average molecular weight is 420 g/mol. The van der Waals surface area contributed by atoms with E-state index in [0.29, 0.717) is 12.5 Å². The molecule has 1 aromatic carbocycles. The molecule has 2 saturated heterocycles. The Morgan fingerprint density at radius 2 is 2.16 bits per heavy atom. The average Bonchev–Trinajstić information content (AvgIpc) is 3.22. The van der Waals surface area contributed by atoms with Crippen LogP contribution in [0.2, 0.25) is 0 Å². The van der Waals surface area contributed by atoms with Gasteiger partial charge in [0.2, 0.25) is 5.91 Å². The van der Waals surface area contributed by atoms with Crippen molar-refractivity contribution in [3.63, 3.8) is 0 Å². The third kappa shape index (κ3) is 4.61. The lowest BCUT2D eigenvalue weighted by Crippen LogP contribution is -2.42. The van der Waals surface area contributed by atoms with E-state index in [1.807, 2.05) is 23.9 Å². The Morgan fingerprint density at radius 3 is 2.92 bits per heavy atom. The summed E-state index contributed by atoms with van der Waals surface area (Å²) in [4.78, 5) is 19.6. The van der Waals surface area contributed by atoms with E-state index in [2.05, 4.69) is 22.3 Å². The number of fused-ring (bicyclic) bond motifs is 1. The van der Waals surface area contributed by atoms with Gasteiger partial charge in [-0.15, -0.1) is 36.2 Å². The fraction of sp³-hybridized carbons (Fsp3) is 0.529. The van der Waals surface area contributed by atoms with Crippen LogP contribution in [0, 0.1) is 0 Å². The van der Waals surface area contributed by atoms with E-state index in [0.717, 1.165) is 48.0 Å². The van der Waals surface area contributed by atoms with Crippen LogP contribution in [0.25, 0.3) is 10.2 Å². The molecule has 0 radical (unpaired) electrons. The normalized spacial score (nSPS) is 23.1. The molecule has 2 atom stereocenters. The number of thiazole rings is 1. The summed E-state index contributed by atoms with van der Waals surface area (Å²) < 4.78 is 1.21. The van der Waals surface area contributed by atoms with Gasteiger partial charge < -0.3 is 10.2 Å². The number of thioether (sulfide) groups is 1. The second kappa shape index (κ2) is 9.42. The molecule has 4 rings (SSSR count). The Kier molecular flexibility index (Phi) is 7.83. The highest BCUT2D eigenvalue weighted by atomic mass is 35.5. The number of benzene rings is 1. The first-order valence-electron chi connectivity index (χ1n) is 8.27. The maximum Gasteiger partial charge on any atom is 0.224 e. The van der Waals surface area contributed by atoms with Crippen molar-refractivity contribution < 1.29 is 4.79 Å². The van der Waals surface area contributed by atoms with Crippen LogP contribution < -0.4 is 5.32 Å². The minimum Gasteiger partial charge on any atom is -0.333 e. The van der Waals surface area contributed by atoms with Gasteiger partial charge in [-0.05, 0) is 25.0 Å². The summed E-state index contributed by atoms with van der Waals surface area (Å²) in [6, 6.07) is 8.75. The number of nitrogens with one attached hydrogen (secondary N) is 1. The molecule has 0 saturated carbocycles. The van der Waals surface area contributed by atoms with E-state index in [1.165, 1.54) is 4.70 Å². The molecule has 138 valence electrons. The summed E-state index contributed by atoms with van der Waals surface area (Å²) in [7, 11) is 0. The number of hydrogen-bond acceptors (Lipinski definition) is 5. The van der Waals surface area contributed by atoms with Crippen LogP contribution in [-0.4, -0.2) is 46.4 Å². The Bertz CT molecular complexity index is 673. The topological polar surface area (TPSA) is 45.2 Å². The lowest BCUT2D eigenvalue weighted by atomic mass is 10.2. The molecule has 0 spiro atoms. The predicted octanol–water partition coefficient (Wildman–Crippen LogP) is 3.90. The number of carbonyl (C=O) groups is 1. The maximum atomic E-state index is 12.8. The fourth-order valence-electron chi connectivity index (χ4n) is 3.43. The summed E-state index contributed by atoms with van der Waals surface area (Å²) in [6.07, 6.45) is 2.74. The van der Waals surface area contributed by atoms with Gasteiger partial charge in [0, 0.05) is 37.1 Å². The van der Waals surface area contributed by atoms with E-state index in [9.17, 15) is 4.79 Å². The van der Waals surface area contributed by atoms with Crippen molar-refractivity contribution in [1.82, 2.24) is 15.2 Å². The number of halogens is 2. The van der Waals surface area contributed by atoms with Crippen LogP contribution in [-0.2, 0) is 4.79 Å². The molecule has 2 fully saturated rings. The Morgan fingerprint density at radius 1 is 1.32 bits per heavy atom. The third-order valence-corrected chi connectivity index (χ3v) is 6.86. The third-order valence-electron chi connectivity index (χ3n) is 4.59. The first-order chi connectivity index (χ1) is 11.3. The quantitative estimate of drug-likeness (QED) is 0.818. The van der Waals surface area contributed by atoms with Crippen LogP contribution in [0.3, 0.4) is 0 Å². The van der Waals surface area contributed by atoms with Gasteiger partial charge in [-0.2, -0.15) is 11.8 Å². The van der Waals surface area contributed by atoms with E-state index < -0.39 is 0 Å². The summed E-state index contributed by atoms with van der Waals surface area (Å²) in [5, 5.41) is 4.57. The maximum absolute atomic E-state index is 12.8. The summed E-state index contributed by atoms with van der Waals surface area (Å²) in [6.45, 7) is 1.89. The SMILES string of the molecule is Cl.Cl.O=C(CC1CSCCN1)N1CCCC1c1nc2ccccc2s1. The molecule has 1 aromatic heterocycles. The Hall–Kier alpha value is -0.530. The molecular weight excluding hydrogens is 397 g/mol. The van der Waals surface area contributed by atoms with Crippen molar-refractivity contribution >= 4 is 64.0 Å². The second-order valence-corrected chi connectivity index (χ2v) is 8.41. The number of rotatable bonds is 3. The first-order valence-corrected chi connectivity index (χ1v) is 10.2. The predicted molar refractivity (Wildman–Crippen MR) is 112 cm³/mol. The fourth-order valence-corrected chi connectivity index (χ4v) is 5.50. The van der Waals surface area contributed by atoms with Crippen LogP contribution in [0.4, 0.5) is 0 Å². The molecule has 2 unspecified atom stereocenters. The Balaban J connectivity index is 0.00000113. The van der Waals surface area contributed by atoms with Crippen molar-refractivity contribution in [1.29, 1.82) is 0 Å². The number of nitrogens with zero attached hydrogens (tertiary/aromatic N) is 2. The van der Waals surface area contributed by atoms with Crippen LogP contribution in [0.15, 0.2) is 24.3 Å². The summed E-state index contributed by atoms with van der Waals surface area (Å²) in [5.41, 5.74) is 1.05. The zero-order valence-electron chi connectivity index (χ0n) is 13.8. The van der Waals surface area contributed by atoms with Crippen molar-refractivity contribution in [2.24, 2.45) is 0 Å². The first kappa shape index (κ1) is 20.8. The number of amides is 1. The molecule has 4 nitrogen and oxygen atoms in total. The minimum absolute atomic E-state index is 0. The molecule has 2 aromatic rings. The zero-order chi connectivity index (χ0) is 15.6. The van der Waals surface area contributed by atoms with Gasteiger partial charge in [-0.25, -0.2) is 4.98 Å². The number of likely N-dealkylation sites (tertiary alicyclic amines) is 1. The lowest BCUT2D eigenvalue weighted by molar-refractivity contribution is -0.132. The molecule has 3 heterocycles. The van der Waals surface area contributed by atoms with Gasteiger partial charge in [0.1, 0.15) is 5.01 Å². The molecule has 2 aliphatic heterocycles. The Labute approximate surface area is 169 Å². The number of para-hydroxylation sites is 1. The van der Waals surface area contributed by atoms with Crippen LogP contribution in [0.5, 0.6) is 0 Å². The van der Waals surface area contributed by atoms with Gasteiger partial charge in [-0.3, -0.25) is 4.79 Å². The molecule has 2 aliphatic rings. The van der Waals surface area contributed by atoms with Gasteiger partial charge in [0.25, 0.3) is 0 Å². The van der Waals surface area contributed by atoms with Crippen molar-refractivity contribution in [2.45, 2.75) is 31.3 Å². The summed E-state index contributed by atoms with van der Waals surface area (Å²) in [5.74, 6) is 2.49. The molecule has 8 heteroatoms. The monoisotopic (exact) mass is 419 g/mol. The van der Waals surface area contributed by atoms with Gasteiger partial charge in [0.05, 0.1) is 16.3 Å². The van der Waals surface area contributed by atoms with Crippen molar-refractivity contribution in [2.75, 3.05) is 24.6 Å². The zero-order valence-corrected chi connectivity index (χ0v) is 17.1. The van der Waals surface area contributed by atoms with Crippen LogP contribution in [0.1, 0.15) is 30.3 Å². The molecule has 1 N–H and O–H groups in total. The number of carbonyl (C=O) groups excluding carboxylic acids is 1. The van der Waals surface area contributed by atoms with E-state index in [4.69, 9.17) is 4.98 Å². The highest BCUT2D eigenvalue weighted by molar-refractivity contribution is 7.99. The molecular formula is C17H23Cl2N3OS2. The molecule has 0 bridgehead atoms. The van der Waals surface area contributed by atoms with Crippen molar-refractivity contribution in [3.05, 3.63) is 29.3 Å². The smallest absolute Gasteiger partial charge is 0.224 e.